The highest BCUT2D eigenvalue weighted by molar-refractivity contribution is 5.85. The van der Waals surface area contributed by atoms with Crippen molar-refractivity contribution < 1.29 is 9.59 Å². The number of rotatable bonds is 5. The number of carbonyl (C=O) groups excluding carboxylic acids is 2. The van der Waals surface area contributed by atoms with Crippen molar-refractivity contribution in [1.29, 1.82) is 0 Å². The van der Waals surface area contributed by atoms with Gasteiger partial charge >= 0.3 is 0 Å². The molecule has 6 heteroatoms. The van der Waals surface area contributed by atoms with E-state index in [0.29, 0.717) is 36.9 Å². The summed E-state index contributed by atoms with van der Waals surface area (Å²) in [5.74, 6) is 3.76. The first-order valence-electron chi connectivity index (χ1n) is 11.8. The third-order valence-corrected chi connectivity index (χ3v) is 8.86. The standard InChI is InChI=1S/C23H37N3O2.ClH/c24-19-9-17-2-1-3-18(10-19)21(17)26-20(27)4-5-25-22(28)23-11-14-6-15(12-23)8-16(7-14)13-23;/h14-19,21H,1-13,24H2,(H,25,28)(H,26,27);1H. The summed E-state index contributed by atoms with van der Waals surface area (Å²) in [6, 6.07) is 0.614. The van der Waals surface area contributed by atoms with Crippen molar-refractivity contribution in [2.24, 2.45) is 40.7 Å². The quantitative estimate of drug-likeness (QED) is 0.635. The van der Waals surface area contributed by atoms with E-state index < -0.39 is 0 Å². The molecule has 0 heterocycles. The second kappa shape index (κ2) is 8.37. The smallest absolute Gasteiger partial charge is 0.226 e. The van der Waals surface area contributed by atoms with Crippen LogP contribution in [0.2, 0.25) is 0 Å². The lowest BCUT2D eigenvalue weighted by atomic mass is 9.49. The number of halogens is 1. The summed E-state index contributed by atoms with van der Waals surface area (Å²) in [5.41, 5.74) is 6.09. The molecule has 0 aromatic heterocycles. The SMILES string of the molecule is Cl.NC1CC2CCCC(C1)C2NC(=O)CCNC(=O)C12CC3CC(CC(C3)C1)C2. The summed E-state index contributed by atoms with van der Waals surface area (Å²) in [6.45, 7) is 0.480. The number of hydrogen-bond acceptors (Lipinski definition) is 3. The average molecular weight is 424 g/mol. The molecule has 6 fully saturated rings. The van der Waals surface area contributed by atoms with Crippen molar-refractivity contribution in [2.75, 3.05) is 6.54 Å². The maximum Gasteiger partial charge on any atom is 0.226 e. The largest absolute Gasteiger partial charge is 0.355 e. The van der Waals surface area contributed by atoms with Gasteiger partial charge in [-0.25, -0.2) is 0 Å². The van der Waals surface area contributed by atoms with Gasteiger partial charge in [-0.05, 0) is 93.8 Å². The molecule has 0 aromatic rings. The fourth-order valence-electron chi connectivity index (χ4n) is 8.15. The lowest BCUT2D eigenvalue weighted by Crippen LogP contribution is -2.55. The summed E-state index contributed by atoms with van der Waals surface area (Å²) < 4.78 is 0. The highest BCUT2D eigenvalue weighted by Crippen LogP contribution is 2.60. The van der Waals surface area contributed by atoms with E-state index in [-0.39, 0.29) is 29.6 Å². The Hall–Kier alpha value is -0.810. The summed E-state index contributed by atoms with van der Waals surface area (Å²) in [4.78, 5) is 25.6. The third-order valence-electron chi connectivity index (χ3n) is 8.86. The van der Waals surface area contributed by atoms with Crippen molar-refractivity contribution >= 4 is 24.2 Å². The molecule has 6 saturated carbocycles. The van der Waals surface area contributed by atoms with Crippen molar-refractivity contribution in [3.8, 4) is 0 Å². The van der Waals surface area contributed by atoms with Crippen LogP contribution in [0.1, 0.15) is 77.0 Å². The Balaban J connectivity index is 0.00000205. The fraction of sp³-hybridized carbons (Fsp3) is 0.913. The van der Waals surface area contributed by atoms with Crippen molar-refractivity contribution in [3.63, 3.8) is 0 Å². The zero-order chi connectivity index (χ0) is 19.3. The summed E-state index contributed by atoms with van der Waals surface area (Å²) in [5, 5.41) is 6.45. The Bertz CT molecular complexity index is 590. The van der Waals surface area contributed by atoms with Gasteiger partial charge in [0.1, 0.15) is 0 Å². The number of carbonyl (C=O) groups is 2. The van der Waals surface area contributed by atoms with Gasteiger partial charge in [0.25, 0.3) is 0 Å². The Morgan fingerprint density at radius 1 is 0.897 bits per heavy atom. The minimum absolute atomic E-state index is 0. The molecule has 2 atom stereocenters. The summed E-state index contributed by atoms with van der Waals surface area (Å²) in [7, 11) is 0. The van der Waals surface area contributed by atoms with E-state index in [2.05, 4.69) is 10.6 Å². The molecule has 0 spiro atoms. The van der Waals surface area contributed by atoms with E-state index in [0.717, 1.165) is 49.9 Å². The van der Waals surface area contributed by atoms with Gasteiger partial charge in [-0.1, -0.05) is 6.42 Å². The molecular formula is C23H38ClN3O2. The lowest BCUT2D eigenvalue weighted by Gasteiger charge is -2.55. The van der Waals surface area contributed by atoms with Crippen LogP contribution >= 0.6 is 12.4 Å². The van der Waals surface area contributed by atoms with E-state index >= 15 is 0 Å². The van der Waals surface area contributed by atoms with Crippen molar-refractivity contribution in [2.45, 2.75) is 89.1 Å². The minimum Gasteiger partial charge on any atom is -0.355 e. The van der Waals surface area contributed by atoms with Gasteiger partial charge in [0, 0.05) is 30.5 Å². The van der Waals surface area contributed by atoms with Crippen LogP contribution in [0, 0.1) is 35.0 Å². The normalized spacial score (nSPS) is 44.7. The first kappa shape index (κ1) is 21.4. The van der Waals surface area contributed by atoms with Gasteiger partial charge in [0.15, 0.2) is 0 Å². The number of nitrogens with two attached hydrogens (primary N) is 1. The fourth-order valence-corrected chi connectivity index (χ4v) is 8.15. The molecule has 6 aliphatic carbocycles. The number of fused-ring (bicyclic) bond motifs is 2. The van der Waals surface area contributed by atoms with E-state index in [1.807, 2.05) is 0 Å². The van der Waals surface area contributed by atoms with Crippen LogP contribution in [-0.2, 0) is 9.59 Å². The Morgan fingerprint density at radius 3 is 2.00 bits per heavy atom. The van der Waals surface area contributed by atoms with E-state index in [1.165, 1.54) is 38.5 Å². The highest BCUT2D eigenvalue weighted by atomic mass is 35.5. The van der Waals surface area contributed by atoms with Gasteiger partial charge in [-0.2, -0.15) is 0 Å². The average Bonchev–Trinajstić information content (AvgIpc) is 2.61. The molecule has 2 unspecified atom stereocenters. The molecule has 5 nitrogen and oxygen atoms in total. The van der Waals surface area contributed by atoms with Crippen LogP contribution in [0.5, 0.6) is 0 Å². The topological polar surface area (TPSA) is 84.2 Å². The van der Waals surface area contributed by atoms with Crippen LogP contribution < -0.4 is 16.4 Å². The van der Waals surface area contributed by atoms with Crippen LogP contribution in [0.3, 0.4) is 0 Å². The Labute approximate surface area is 181 Å². The number of amides is 2. The molecule has 6 bridgehead atoms. The maximum atomic E-state index is 13.0. The molecule has 4 N–H and O–H groups in total. The predicted molar refractivity (Wildman–Crippen MR) is 115 cm³/mol. The first-order valence-corrected chi connectivity index (χ1v) is 11.8. The third kappa shape index (κ3) is 4.19. The van der Waals surface area contributed by atoms with Gasteiger partial charge in [-0.3, -0.25) is 9.59 Å². The molecule has 0 aliphatic heterocycles. The first-order chi connectivity index (χ1) is 13.5. The van der Waals surface area contributed by atoms with E-state index in [1.54, 1.807) is 0 Å². The molecule has 6 aliphatic rings. The molecule has 0 saturated heterocycles. The molecule has 29 heavy (non-hydrogen) atoms. The van der Waals surface area contributed by atoms with E-state index in [4.69, 9.17) is 5.73 Å². The maximum absolute atomic E-state index is 13.0. The van der Waals surface area contributed by atoms with Gasteiger partial charge in [0.2, 0.25) is 11.8 Å². The Kier molecular flexibility index (Phi) is 6.19. The van der Waals surface area contributed by atoms with Crippen molar-refractivity contribution in [1.82, 2.24) is 10.6 Å². The van der Waals surface area contributed by atoms with E-state index in [9.17, 15) is 9.59 Å². The zero-order valence-electron chi connectivity index (χ0n) is 17.5. The van der Waals surface area contributed by atoms with Crippen LogP contribution in [0.15, 0.2) is 0 Å². The van der Waals surface area contributed by atoms with Gasteiger partial charge in [0.05, 0.1) is 0 Å². The van der Waals surface area contributed by atoms with Crippen molar-refractivity contribution in [3.05, 3.63) is 0 Å². The second-order valence-electron chi connectivity index (χ2n) is 11.0. The van der Waals surface area contributed by atoms with Gasteiger partial charge < -0.3 is 16.4 Å². The monoisotopic (exact) mass is 423 g/mol. The lowest BCUT2D eigenvalue weighted by molar-refractivity contribution is -0.146. The van der Waals surface area contributed by atoms with Crippen LogP contribution in [0.4, 0.5) is 0 Å². The highest BCUT2D eigenvalue weighted by Gasteiger charge is 2.54. The molecular weight excluding hydrogens is 386 g/mol. The molecule has 164 valence electrons. The summed E-state index contributed by atoms with van der Waals surface area (Å²) in [6.07, 6.45) is 13.5. The molecule has 2 amide bonds. The number of nitrogens with one attached hydrogen (secondary N) is 2. The summed E-state index contributed by atoms with van der Waals surface area (Å²) >= 11 is 0. The molecule has 0 aromatic carbocycles. The number of hydrogen-bond donors (Lipinski definition) is 3. The minimum atomic E-state index is -0.109. The Morgan fingerprint density at radius 2 is 1.45 bits per heavy atom. The van der Waals surface area contributed by atoms with Gasteiger partial charge in [-0.15, -0.1) is 12.4 Å². The molecule has 0 radical (unpaired) electrons. The zero-order valence-corrected chi connectivity index (χ0v) is 18.4. The van der Waals surface area contributed by atoms with Crippen LogP contribution in [-0.4, -0.2) is 30.4 Å². The van der Waals surface area contributed by atoms with Crippen LogP contribution in [0.25, 0.3) is 0 Å². The second-order valence-corrected chi connectivity index (χ2v) is 11.0. The molecule has 6 rings (SSSR count). The predicted octanol–water partition coefficient (Wildman–Crippen LogP) is 3.15.